The molecule has 0 aliphatic carbocycles. The average molecular weight is 291 g/mol. The number of anilines is 1. The lowest BCUT2D eigenvalue weighted by molar-refractivity contribution is -0.116. The van der Waals surface area contributed by atoms with Crippen LogP contribution in [0, 0.1) is 0 Å². The van der Waals surface area contributed by atoms with E-state index in [9.17, 15) is 4.79 Å². The third kappa shape index (κ3) is 3.48. The first-order valence-corrected chi connectivity index (χ1v) is 6.73. The van der Waals surface area contributed by atoms with E-state index >= 15 is 0 Å². The highest BCUT2D eigenvalue weighted by Crippen LogP contribution is 2.25. The highest BCUT2D eigenvalue weighted by Gasteiger charge is 2.19. The smallest absolute Gasteiger partial charge is 0.247 e. The maximum absolute atomic E-state index is 12.1. The molecule has 1 unspecified atom stereocenters. The van der Waals surface area contributed by atoms with Crippen molar-refractivity contribution in [3.8, 4) is 5.88 Å². The number of hydrogen-bond acceptors (Lipinski definition) is 3. The molecule has 1 N–H and O–H groups in total. The second kappa shape index (κ2) is 6.91. The first-order valence-electron chi connectivity index (χ1n) is 6.30. The van der Waals surface area contributed by atoms with Crippen LogP contribution in [0.2, 0.25) is 0 Å². The molecule has 0 aliphatic heterocycles. The summed E-state index contributed by atoms with van der Waals surface area (Å²) in [5.41, 5.74) is 1.26. The Kier molecular flexibility index (Phi) is 4.96. The van der Waals surface area contributed by atoms with Gasteiger partial charge in [-0.25, -0.2) is 4.98 Å². The minimum Gasteiger partial charge on any atom is -0.476 e. The van der Waals surface area contributed by atoms with Gasteiger partial charge in [-0.2, -0.15) is 0 Å². The van der Waals surface area contributed by atoms with E-state index in [2.05, 4.69) is 10.3 Å². The molecule has 2 rings (SSSR count). The number of nitrogens with zero attached hydrogens (tertiary/aromatic N) is 1. The number of aromatic nitrogens is 1. The molecule has 2 aromatic rings. The summed E-state index contributed by atoms with van der Waals surface area (Å²) in [6.07, 6.45) is 1.61. The van der Waals surface area contributed by atoms with E-state index in [1.165, 1.54) is 0 Å². The van der Waals surface area contributed by atoms with Gasteiger partial charge in [0, 0.05) is 6.20 Å². The van der Waals surface area contributed by atoms with Gasteiger partial charge in [0.15, 0.2) is 0 Å². The fraction of sp³-hybridized carbons (Fsp3) is 0.200. The van der Waals surface area contributed by atoms with Gasteiger partial charge in [0.05, 0.1) is 6.61 Å². The van der Waals surface area contributed by atoms with E-state index in [0.717, 1.165) is 5.56 Å². The Morgan fingerprint density at radius 2 is 2.05 bits per heavy atom. The monoisotopic (exact) mass is 290 g/mol. The third-order valence-electron chi connectivity index (χ3n) is 2.63. The molecule has 5 heteroatoms. The minimum absolute atomic E-state index is 0.313. The van der Waals surface area contributed by atoms with Crippen LogP contribution in [0.3, 0.4) is 0 Å². The molecule has 1 atom stereocenters. The number of carbonyl (C=O) groups excluding carboxylic acids is 1. The van der Waals surface area contributed by atoms with Gasteiger partial charge in [-0.05, 0) is 24.6 Å². The van der Waals surface area contributed by atoms with Gasteiger partial charge >= 0.3 is 0 Å². The van der Waals surface area contributed by atoms with E-state index in [-0.39, 0.29) is 5.91 Å². The summed E-state index contributed by atoms with van der Waals surface area (Å²) >= 11 is 6.16. The topological polar surface area (TPSA) is 51.2 Å². The van der Waals surface area contributed by atoms with E-state index in [1.54, 1.807) is 18.3 Å². The van der Waals surface area contributed by atoms with Crippen molar-refractivity contribution in [1.82, 2.24) is 4.98 Å². The lowest BCUT2D eigenvalue weighted by atomic mass is 10.1. The van der Waals surface area contributed by atoms with Crippen molar-refractivity contribution in [2.45, 2.75) is 12.3 Å². The second-order valence-electron chi connectivity index (χ2n) is 4.05. The minimum atomic E-state index is -0.758. The molecular formula is C15H15ClN2O2. The standard InChI is InChI=1S/C15H15ClN2O2/c1-2-20-15-12(9-6-10-17-15)18-14(19)13(16)11-7-4-3-5-8-11/h3-10,13H,2H2,1H3,(H,18,19). The molecule has 0 aliphatic rings. The lowest BCUT2D eigenvalue weighted by Crippen LogP contribution is -2.18. The first-order chi connectivity index (χ1) is 9.72. The molecular weight excluding hydrogens is 276 g/mol. The highest BCUT2D eigenvalue weighted by atomic mass is 35.5. The molecule has 1 aromatic carbocycles. The van der Waals surface area contributed by atoms with E-state index in [4.69, 9.17) is 16.3 Å². The molecule has 0 saturated heterocycles. The third-order valence-corrected chi connectivity index (χ3v) is 3.08. The van der Waals surface area contributed by atoms with Crippen LogP contribution in [0.4, 0.5) is 5.69 Å². The van der Waals surface area contributed by atoms with Crippen LogP contribution >= 0.6 is 11.6 Å². The number of ether oxygens (including phenoxy) is 1. The van der Waals surface area contributed by atoms with E-state index < -0.39 is 5.38 Å². The lowest BCUT2D eigenvalue weighted by Gasteiger charge is -2.13. The van der Waals surface area contributed by atoms with Gasteiger partial charge in [-0.3, -0.25) is 4.79 Å². The zero-order chi connectivity index (χ0) is 14.4. The van der Waals surface area contributed by atoms with Crippen molar-refractivity contribution < 1.29 is 9.53 Å². The predicted molar refractivity (Wildman–Crippen MR) is 79.1 cm³/mol. The number of hydrogen-bond donors (Lipinski definition) is 1. The summed E-state index contributed by atoms with van der Waals surface area (Å²) in [5.74, 6) is 0.0760. The SMILES string of the molecule is CCOc1ncccc1NC(=O)C(Cl)c1ccccc1. The fourth-order valence-corrected chi connectivity index (χ4v) is 1.91. The van der Waals surface area contributed by atoms with Crippen molar-refractivity contribution in [2.24, 2.45) is 0 Å². The van der Waals surface area contributed by atoms with Crippen molar-refractivity contribution in [2.75, 3.05) is 11.9 Å². The van der Waals surface area contributed by atoms with Crippen LogP contribution in [0.1, 0.15) is 17.9 Å². The Hall–Kier alpha value is -2.07. The van der Waals surface area contributed by atoms with E-state index in [0.29, 0.717) is 18.2 Å². The maximum atomic E-state index is 12.1. The maximum Gasteiger partial charge on any atom is 0.247 e. The van der Waals surface area contributed by atoms with E-state index in [1.807, 2.05) is 37.3 Å². The number of nitrogens with one attached hydrogen (secondary N) is 1. The second-order valence-corrected chi connectivity index (χ2v) is 4.49. The van der Waals surface area contributed by atoms with Gasteiger partial charge in [-0.15, -0.1) is 11.6 Å². The van der Waals surface area contributed by atoms with Crippen LogP contribution in [-0.2, 0) is 4.79 Å². The van der Waals surface area contributed by atoms with Gasteiger partial charge in [0.25, 0.3) is 0 Å². The molecule has 1 heterocycles. The Balaban J connectivity index is 2.12. The van der Waals surface area contributed by atoms with Crippen LogP contribution in [0.5, 0.6) is 5.88 Å². The zero-order valence-electron chi connectivity index (χ0n) is 11.0. The number of halogens is 1. The molecule has 1 aromatic heterocycles. The summed E-state index contributed by atoms with van der Waals surface area (Å²) in [7, 11) is 0. The number of benzene rings is 1. The summed E-state index contributed by atoms with van der Waals surface area (Å²) in [6, 6.07) is 12.6. The number of alkyl halides is 1. The molecule has 0 radical (unpaired) electrons. The summed E-state index contributed by atoms with van der Waals surface area (Å²) < 4.78 is 5.35. The number of carbonyl (C=O) groups is 1. The molecule has 104 valence electrons. The van der Waals surface area contributed by atoms with Gasteiger partial charge in [0.1, 0.15) is 11.1 Å². The number of rotatable bonds is 5. The molecule has 4 nitrogen and oxygen atoms in total. The fourth-order valence-electron chi connectivity index (χ4n) is 1.71. The summed E-state index contributed by atoms with van der Waals surface area (Å²) in [4.78, 5) is 16.2. The first kappa shape index (κ1) is 14.3. The summed E-state index contributed by atoms with van der Waals surface area (Å²) in [5, 5.41) is 1.98. The molecule has 1 amide bonds. The van der Waals surface area contributed by atoms with Crippen LogP contribution in [0.25, 0.3) is 0 Å². The van der Waals surface area contributed by atoms with Crippen molar-refractivity contribution in [3.63, 3.8) is 0 Å². The molecule has 0 fully saturated rings. The van der Waals surface area contributed by atoms with Crippen LogP contribution in [0.15, 0.2) is 48.7 Å². The van der Waals surface area contributed by atoms with Gasteiger partial charge < -0.3 is 10.1 Å². The summed E-state index contributed by atoms with van der Waals surface area (Å²) in [6.45, 7) is 2.33. The molecule has 0 spiro atoms. The van der Waals surface area contributed by atoms with Crippen molar-refractivity contribution in [3.05, 3.63) is 54.2 Å². The quantitative estimate of drug-likeness (QED) is 0.859. The average Bonchev–Trinajstić information content (AvgIpc) is 2.49. The highest BCUT2D eigenvalue weighted by molar-refractivity contribution is 6.32. The normalized spacial score (nSPS) is 11.7. The molecule has 0 bridgehead atoms. The van der Waals surface area contributed by atoms with Crippen molar-refractivity contribution >= 4 is 23.2 Å². The molecule has 20 heavy (non-hydrogen) atoms. The van der Waals surface area contributed by atoms with Crippen LogP contribution in [-0.4, -0.2) is 17.5 Å². The van der Waals surface area contributed by atoms with Gasteiger partial charge in [-0.1, -0.05) is 30.3 Å². The van der Waals surface area contributed by atoms with Gasteiger partial charge in [0.2, 0.25) is 11.8 Å². The zero-order valence-corrected chi connectivity index (χ0v) is 11.8. The van der Waals surface area contributed by atoms with Crippen LogP contribution < -0.4 is 10.1 Å². The largest absolute Gasteiger partial charge is 0.476 e. The Bertz CT molecular complexity index is 575. The Morgan fingerprint density at radius 1 is 1.30 bits per heavy atom. The predicted octanol–water partition coefficient (Wildman–Crippen LogP) is 3.40. The Morgan fingerprint density at radius 3 is 2.75 bits per heavy atom. The van der Waals surface area contributed by atoms with Crippen molar-refractivity contribution in [1.29, 1.82) is 0 Å². The Labute approximate surface area is 122 Å². The number of amides is 1. The number of pyridine rings is 1. The molecule has 0 saturated carbocycles.